The zero-order valence-corrected chi connectivity index (χ0v) is 11.3. The number of pyridine rings is 1. The van der Waals surface area contributed by atoms with E-state index in [1.54, 1.807) is 17.3 Å². The van der Waals surface area contributed by atoms with Gasteiger partial charge in [0.05, 0.1) is 6.54 Å². The van der Waals surface area contributed by atoms with E-state index >= 15 is 0 Å². The standard InChI is InChI=1S/C14H19N3O2/c1-10(2)13-14(19)16-9-12(18)17(13)8-5-11-3-6-15-7-4-11/h3-4,6-7,10,13H,5,8-9H2,1-2H3,(H,16,19). The summed E-state index contributed by atoms with van der Waals surface area (Å²) >= 11 is 0. The molecule has 0 bridgehead atoms. The fourth-order valence-electron chi connectivity index (χ4n) is 2.39. The Bertz CT molecular complexity index is 459. The topological polar surface area (TPSA) is 62.3 Å². The fraction of sp³-hybridized carbons (Fsp3) is 0.500. The average molecular weight is 261 g/mol. The van der Waals surface area contributed by atoms with Gasteiger partial charge in [-0.1, -0.05) is 13.8 Å². The molecular formula is C14H19N3O2. The summed E-state index contributed by atoms with van der Waals surface area (Å²) in [5, 5.41) is 2.65. The number of rotatable bonds is 4. The second-order valence-electron chi connectivity index (χ2n) is 5.10. The van der Waals surface area contributed by atoms with Crippen LogP contribution in [0.25, 0.3) is 0 Å². The third-order valence-corrected chi connectivity index (χ3v) is 3.36. The molecule has 1 N–H and O–H groups in total. The molecule has 1 unspecified atom stereocenters. The Morgan fingerprint density at radius 2 is 2.05 bits per heavy atom. The van der Waals surface area contributed by atoms with Crippen LogP contribution in [-0.2, 0) is 16.0 Å². The monoisotopic (exact) mass is 261 g/mol. The van der Waals surface area contributed by atoms with E-state index in [0.29, 0.717) is 6.54 Å². The first-order chi connectivity index (χ1) is 9.09. The Balaban J connectivity index is 2.06. The molecule has 2 heterocycles. The van der Waals surface area contributed by atoms with Crippen molar-refractivity contribution in [3.63, 3.8) is 0 Å². The molecule has 1 aromatic rings. The lowest BCUT2D eigenvalue weighted by atomic mass is 9.99. The molecule has 1 aromatic heterocycles. The van der Waals surface area contributed by atoms with Crippen molar-refractivity contribution >= 4 is 11.8 Å². The molecule has 0 spiro atoms. The van der Waals surface area contributed by atoms with E-state index in [9.17, 15) is 9.59 Å². The molecular weight excluding hydrogens is 242 g/mol. The van der Waals surface area contributed by atoms with Gasteiger partial charge in [-0.25, -0.2) is 0 Å². The molecule has 2 amide bonds. The first-order valence-electron chi connectivity index (χ1n) is 6.55. The maximum absolute atomic E-state index is 12.0. The first kappa shape index (κ1) is 13.5. The number of carbonyl (C=O) groups is 2. The largest absolute Gasteiger partial charge is 0.345 e. The van der Waals surface area contributed by atoms with Gasteiger partial charge in [0, 0.05) is 18.9 Å². The van der Waals surface area contributed by atoms with Crippen LogP contribution >= 0.6 is 0 Å². The summed E-state index contributed by atoms with van der Waals surface area (Å²) < 4.78 is 0. The number of piperazine rings is 1. The van der Waals surface area contributed by atoms with Gasteiger partial charge in [0.25, 0.3) is 0 Å². The predicted octanol–water partition coefficient (Wildman–Crippen LogP) is 0.607. The van der Waals surface area contributed by atoms with Gasteiger partial charge >= 0.3 is 0 Å². The fourth-order valence-corrected chi connectivity index (χ4v) is 2.39. The highest BCUT2D eigenvalue weighted by Crippen LogP contribution is 2.15. The Labute approximate surface area is 113 Å². The maximum Gasteiger partial charge on any atom is 0.243 e. The molecule has 1 aliphatic rings. The van der Waals surface area contributed by atoms with Crippen LogP contribution in [0.5, 0.6) is 0 Å². The summed E-state index contributed by atoms with van der Waals surface area (Å²) in [4.78, 5) is 29.5. The molecule has 0 aromatic carbocycles. The van der Waals surface area contributed by atoms with E-state index < -0.39 is 0 Å². The zero-order valence-electron chi connectivity index (χ0n) is 11.3. The van der Waals surface area contributed by atoms with Crippen LogP contribution in [0.3, 0.4) is 0 Å². The van der Waals surface area contributed by atoms with Crippen molar-refractivity contribution in [3.05, 3.63) is 30.1 Å². The average Bonchev–Trinajstić information content (AvgIpc) is 2.40. The Kier molecular flexibility index (Phi) is 4.14. The third kappa shape index (κ3) is 3.10. The van der Waals surface area contributed by atoms with Crippen molar-refractivity contribution < 1.29 is 9.59 Å². The van der Waals surface area contributed by atoms with Crippen molar-refractivity contribution in [2.24, 2.45) is 5.92 Å². The van der Waals surface area contributed by atoms with Gasteiger partial charge in [-0.05, 0) is 30.0 Å². The summed E-state index contributed by atoms with van der Waals surface area (Å²) in [6.07, 6.45) is 4.21. The Morgan fingerprint density at radius 3 is 2.68 bits per heavy atom. The molecule has 5 nitrogen and oxygen atoms in total. The van der Waals surface area contributed by atoms with Crippen LogP contribution < -0.4 is 5.32 Å². The third-order valence-electron chi connectivity index (χ3n) is 3.36. The van der Waals surface area contributed by atoms with E-state index in [-0.39, 0.29) is 30.3 Å². The number of carbonyl (C=O) groups excluding carboxylic acids is 2. The van der Waals surface area contributed by atoms with E-state index in [4.69, 9.17) is 0 Å². The van der Waals surface area contributed by atoms with Crippen LogP contribution in [0.4, 0.5) is 0 Å². The SMILES string of the molecule is CC(C)C1C(=O)NCC(=O)N1CCc1ccncc1. The van der Waals surface area contributed by atoms with Gasteiger partial charge in [-0.15, -0.1) is 0 Å². The second-order valence-corrected chi connectivity index (χ2v) is 5.10. The highest BCUT2D eigenvalue weighted by Gasteiger charge is 2.35. The van der Waals surface area contributed by atoms with E-state index in [2.05, 4.69) is 10.3 Å². The predicted molar refractivity (Wildman–Crippen MR) is 71.3 cm³/mol. The van der Waals surface area contributed by atoms with Gasteiger partial charge in [-0.2, -0.15) is 0 Å². The molecule has 5 heteroatoms. The molecule has 1 fully saturated rings. The highest BCUT2D eigenvalue weighted by molar-refractivity contribution is 5.94. The second kappa shape index (κ2) is 5.82. The van der Waals surface area contributed by atoms with Crippen molar-refractivity contribution in [1.29, 1.82) is 0 Å². The van der Waals surface area contributed by atoms with Crippen molar-refractivity contribution in [3.8, 4) is 0 Å². The van der Waals surface area contributed by atoms with Crippen LogP contribution in [0.1, 0.15) is 19.4 Å². The number of nitrogens with zero attached hydrogens (tertiary/aromatic N) is 2. The lowest BCUT2D eigenvalue weighted by molar-refractivity contribution is -0.147. The molecule has 0 saturated carbocycles. The van der Waals surface area contributed by atoms with Crippen LogP contribution in [0.15, 0.2) is 24.5 Å². The molecule has 1 aliphatic heterocycles. The molecule has 0 radical (unpaired) electrons. The summed E-state index contributed by atoms with van der Waals surface area (Å²) in [5.41, 5.74) is 1.12. The Morgan fingerprint density at radius 1 is 1.37 bits per heavy atom. The lowest BCUT2D eigenvalue weighted by Crippen LogP contribution is -2.60. The normalized spacial score (nSPS) is 19.7. The molecule has 2 rings (SSSR count). The minimum Gasteiger partial charge on any atom is -0.345 e. The van der Waals surface area contributed by atoms with Gasteiger partial charge < -0.3 is 10.2 Å². The van der Waals surface area contributed by atoms with Gasteiger partial charge in [0.15, 0.2) is 0 Å². The van der Waals surface area contributed by atoms with Crippen molar-refractivity contribution in [1.82, 2.24) is 15.2 Å². The molecule has 102 valence electrons. The summed E-state index contributed by atoms with van der Waals surface area (Å²) in [6.45, 7) is 4.60. The lowest BCUT2D eigenvalue weighted by Gasteiger charge is -2.37. The van der Waals surface area contributed by atoms with Crippen LogP contribution in [0, 0.1) is 5.92 Å². The molecule has 1 atom stereocenters. The number of nitrogens with one attached hydrogen (secondary N) is 1. The van der Waals surface area contributed by atoms with Crippen LogP contribution in [0.2, 0.25) is 0 Å². The number of hydrogen-bond acceptors (Lipinski definition) is 3. The Hall–Kier alpha value is -1.91. The van der Waals surface area contributed by atoms with E-state index in [1.165, 1.54) is 0 Å². The van der Waals surface area contributed by atoms with Crippen LogP contribution in [-0.4, -0.2) is 40.8 Å². The maximum atomic E-state index is 12.0. The highest BCUT2D eigenvalue weighted by atomic mass is 16.2. The number of hydrogen-bond donors (Lipinski definition) is 1. The zero-order chi connectivity index (χ0) is 13.8. The van der Waals surface area contributed by atoms with Gasteiger partial charge in [0.1, 0.15) is 6.04 Å². The van der Waals surface area contributed by atoms with Gasteiger partial charge in [-0.3, -0.25) is 14.6 Å². The minimum atomic E-state index is -0.358. The van der Waals surface area contributed by atoms with E-state index in [1.807, 2.05) is 26.0 Å². The van der Waals surface area contributed by atoms with E-state index in [0.717, 1.165) is 12.0 Å². The summed E-state index contributed by atoms with van der Waals surface area (Å²) in [6, 6.07) is 3.50. The minimum absolute atomic E-state index is 0.00708. The summed E-state index contributed by atoms with van der Waals surface area (Å²) in [5.74, 6) is 0.0541. The van der Waals surface area contributed by atoms with Crippen molar-refractivity contribution in [2.75, 3.05) is 13.1 Å². The smallest absolute Gasteiger partial charge is 0.243 e. The summed E-state index contributed by atoms with van der Waals surface area (Å²) in [7, 11) is 0. The number of amides is 2. The molecule has 19 heavy (non-hydrogen) atoms. The van der Waals surface area contributed by atoms with Crippen molar-refractivity contribution in [2.45, 2.75) is 26.3 Å². The number of aromatic nitrogens is 1. The first-order valence-corrected chi connectivity index (χ1v) is 6.55. The molecule has 1 saturated heterocycles. The van der Waals surface area contributed by atoms with Gasteiger partial charge in [0.2, 0.25) is 11.8 Å². The quantitative estimate of drug-likeness (QED) is 0.863. The molecule has 0 aliphatic carbocycles.